The van der Waals surface area contributed by atoms with Crippen LogP contribution in [0.3, 0.4) is 0 Å². The largest absolute Gasteiger partial charge is 0.478 e. The first-order valence-corrected chi connectivity index (χ1v) is 6.32. The number of carbonyl (C=O) groups excluding carboxylic acids is 1. The van der Waals surface area contributed by atoms with Crippen molar-refractivity contribution in [2.45, 2.75) is 6.92 Å². The van der Waals surface area contributed by atoms with E-state index in [1.165, 1.54) is 36.6 Å². The van der Waals surface area contributed by atoms with Gasteiger partial charge >= 0.3 is 5.97 Å². The van der Waals surface area contributed by atoms with Gasteiger partial charge in [-0.3, -0.25) is 9.59 Å². The summed E-state index contributed by atoms with van der Waals surface area (Å²) in [5, 5.41) is 11.3. The van der Waals surface area contributed by atoms with Gasteiger partial charge in [0.05, 0.1) is 11.8 Å². The number of hydrogen-bond donors (Lipinski definition) is 2. The second kappa shape index (κ2) is 6.57. The van der Waals surface area contributed by atoms with Crippen LogP contribution in [0.5, 0.6) is 5.75 Å². The summed E-state index contributed by atoms with van der Waals surface area (Å²) in [4.78, 5) is 34.0. The van der Waals surface area contributed by atoms with Crippen LogP contribution in [0.4, 0.5) is 5.69 Å². The number of aryl methyl sites for hydroxylation is 1. The van der Waals surface area contributed by atoms with Crippen LogP contribution < -0.4 is 15.5 Å². The Kier molecular flexibility index (Phi) is 4.57. The minimum absolute atomic E-state index is 0.0149. The van der Waals surface area contributed by atoms with Crippen LogP contribution in [-0.2, 0) is 4.79 Å². The first-order valence-electron chi connectivity index (χ1n) is 6.32. The number of rotatable bonds is 5. The van der Waals surface area contributed by atoms with Crippen molar-refractivity contribution in [1.29, 1.82) is 0 Å². The second-order valence-electron chi connectivity index (χ2n) is 4.39. The standard InChI is InChI=1S/C15H13NO6/c1-9-14(12(17)6-7-21-9)22-8-13(18)16-11-4-2-10(3-5-11)15(19)20/h2-7H,8H2,1H3,(H,16,18)(H,19,20). The Balaban J connectivity index is 1.96. The van der Waals surface area contributed by atoms with Crippen LogP contribution >= 0.6 is 0 Å². The number of carbonyl (C=O) groups is 2. The van der Waals surface area contributed by atoms with Gasteiger partial charge in [-0.25, -0.2) is 4.79 Å². The third-order valence-electron chi connectivity index (χ3n) is 2.77. The van der Waals surface area contributed by atoms with Crippen molar-refractivity contribution in [3.63, 3.8) is 0 Å². The molecule has 0 unspecified atom stereocenters. The molecule has 114 valence electrons. The molecule has 0 bridgehead atoms. The van der Waals surface area contributed by atoms with Gasteiger partial charge in [-0.2, -0.15) is 0 Å². The van der Waals surface area contributed by atoms with Crippen molar-refractivity contribution in [3.05, 3.63) is 58.1 Å². The number of ether oxygens (including phenoxy) is 1. The van der Waals surface area contributed by atoms with Crippen molar-refractivity contribution < 1.29 is 23.8 Å². The van der Waals surface area contributed by atoms with Crippen molar-refractivity contribution in [3.8, 4) is 5.75 Å². The van der Waals surface area contributed by atoms with Crippen molar-refractivity contribution >= 4 is 17.6 Å². The number of carboxylic acid groups (broad SMARTS) is 1. The Morgan fingerprint density at radius 1 is 1.23 bits per heavy atom. The molecular weight excluding hydrogens is 290 g/mol. The highest BCUT2D eigenvalue weighted by Crippen LogP contribution is 2.12. The van der Waals surface area contributed by atoms with Gasteiger partial charge in [0.1, 0.15) is 5.76 Å². The van der Waals surface area contributed by atoms with Crippen LogP contribution in [0.25, 0.3) is 0 Å². The molecule has 7 nitrogen and oxygen atoms in total. The molecule has 0 saturated carbocycles. The predicted molar refractivity (Wildman–Crippen MR) is 77.2 cm³/mol. The molecule has 2 N–H and O–H groups in total. The first-order chi connectivity index (χ1) is 10.5. The highest BCUT2D eigenvalue weighted by molar-refractivity contribution is 5.93. The Hall–Kier alpha value is -3.09. The molecule has 0 aliphatic carbocycles. The smallest absolute Gasteiger partial charge is 0.335 e. The summed E-state index contributed by atoms with van der Waals surface area (Å²) in [6.07, 6.45) is 1.24. The summed E-state index contributed by atoms with van der Waals surface area (Å²) in [5.74, 6) is -1.26. The van der Waals surface area contributed by atoms with Gasteiger partial charge in [-0.05, 0) is 31.2 Å². The lowest BCUT2D eigenvalue weighted by Crippen LogP contribution is -2.22. The van der Waals surface area contributed by atoms with Crippen molar-refractivity contribution in [2.24, 2.45) is 0 Å². The maximum absolute atomic E-state index is 11.7. The quantitative estimate of drug-likeness (QED) is 0.870. The molecule has 0 spiro atoms. The van der Waals surface area contributed by atoms with Crippen molar-refractivity contribution in [2.75, 3.05) is 11.9 Å². The summed E-state index contributed by atoms with van der Waals surface area (Å²) in [7, 11) is 0. The van der Waals surface area contributed by atoms with Gasteiger partial charge in [0.15, 0.2) is 6.61 Å². The second-order valence-corrected chi connectivity index (χ2v) is 4.39. The third-order valence-corrected chi connectivity index (χ3v) is 2.77. The topological polar surface area (TPSA) is 106 Å². The van der Waals surface area contributed by atoms with Gasteiger partial charge in [0, 0.05) is 11.8 Å². The highest BCUT2D eigenvalue weighted by Gasteiger charge is 2.10. The molecular formula is C15H13NO6. The summed E-state index contributed by atoms with van der Waals surface area (Å²) >= 11 is 0. The number of nitrogens with one attached hydrogen (secondary N) is 1. The molecule has 22 heavy (non-hydrogen) atoms. The van der Waals surface area contributed by atoms with E-state index in [9.17, 15) is 14.4 Å². The fourth-order valence-electron chi connectivity index (χ4n) is 1.70. The summed E-state index contributed by atoms with van der Waals surface area (Å²) in [6, 6.07) is 6.86. The van der Waals surface area contributed by atoms with Gasteiger partial charge in [-0.1, -0.05) is 0 Å². The fraction of sp³-hybridized carbons (Fsp3) is 0.133. The predicted octanol–water partition coefficient (Wildman–Crippen LogP) is 1.66. The van der Waals surface area contributed by atoms with Crippen LogP contribution in [-0.4, -0.2) is 23.6 Å². The number of benzene rings is 1. The lowest BCUT2D eigenvalue weighted by atomic mass is 10.2. The molecule has 1 amide bonds. The van der Waals surface area contributed by atoms with E-state index in [0.717, 1.165) is 0 Å². The van der Waals surface area contributed by atoms with Gasteiger partial charge in [0.25, 0.3) is 5.91 Å². The zero-order chi connectivity index (χ0) is 16.1. The summed E-state index contributed by atoms with van der Waals surface area (Å²) in [6.45, 7) is 1.19. The zero-order valence-electron chi connectivity index (χ0n) is 11.7. The Labute approximate surface area is 125 Å². The minimum atomic E-state index is -1.05. The SMILES string of the molecule is Cc1occc(=O)c1OCC(=O)Nc1ccc(C(=O)O)cc1. The van der Waals surface area contributed by atoms with Crippen LogP contribution in [0.1, 0.15) is 16.1 Å². The molecule has 0 fully saturated rings. The first kappa shape index (κ1) is 15.3. The maximum atomic E-state index is 11.7. The van der Waals surface area contributed by atoms with Crippen LogP contribution in [0.15, 0.2) is 45.8 Å². The van der Waals surface area contributed by atoms with E-state index in [1.807, 2.05) is 0 Å². The Morgan fingerprint density at radius 3 is 2.50 bits per heavy atom. The van der Waals surface area contributed by atoms with E-state index in [0.29, 0.717) is 5.69 Å². The van der Waals surface area contributed by atoms with E-state index >= 15 is 0 Å². The van der Waals surface area contributed by atoms with E-state index in [2.05, 4.69) is 5.32 Å². The molecule has 2 rings (SSSR count). The molecule has 0 aliphatic heterocycles. The molecule has 0 saturated heterocycles. The molecule has 2 aromatic rings. The Morgan fingerprint density at radius 2 is 1.91 bits per heavy atom. The van der Waals surface area contributed by atoms with Gasteiger partial charge in [0.2, 0.25) is 11.2 Å². The molecule has 7 heteroatoms. The minimum Gasteiger partial charge on any atom is -0.478 e. The van der Waals surface area contributed by atoms with E-state index in [4.69, 9.17) is 14.3 Å². The van der Waals surface area contributed by atoms with Crippen molar-refractivity contribution in [1.82, 2.24) is 0 Å². The van der Waals surface area contributed by atoms with E-state index in [-0.39, 0.29) is 29.1 Å². The monoisotopic (exact) mass is 303 g/mol. The van der Waals surface area contributed by atoms with E-state index in [1.54, 1.807) is 6.92 Å². The van der Waals surface area contributed by atoms with Crippen LogP contribution in [0.2, 0.25) is 0 Å². The number of carboxylic acids is 1. The summed E-state index contributed by atoms with van der Waals surface area (Å²) in [5.41, 5.74) is 0.171. The number of amides is 1. The fourth-order valence-corrected chi connectivity index (χ4v) is 1.70. The number of anilines is 1. The molecule has 1 heterocycles. The lowest BCUT2D eigenvalue weighted by Gasteiger charge is -2.08. The van der Waals surface area contributed by atoms with E-state index < -0.39 is 11.9 Å². The molecule has 0 radical (unpaired) electrons. The number of hydrogen-bond acceptors (Lipinski definition) is 5. The normalized spacial score (nSPS) is 10.0. The highest BCUT2D eigenvalue weighted by atomic mass is 16.5. The molecule has 1 aromatic carbocycles. The molecule has 1 aromatic heterocycles. The zero-order valence-corrected chi connectivity index (χ0v) is 11.7. The Bertz CT molecular complexity index is 747. The van der Waals surface area contributed by atoms with Gasteiger partial charge in [-0.15, -0.1) is 0 Å². The average Bonchev–Trinajstić information content (AvgIpc) is 2.47. The maximum Gasteiger partial charge on any atom is 0.335 e. The lowest BCUT2D eigenvalue weighted by molar-refractivity contribution is -0.118. The van der Waals surface area contributed by atoms with Crippen LogP contribution in [0, 0.1) is 6.92 Å². The summed E-state index contributed by atoms with van der Waals surface area (Å²) < 4.78 is 10.2. The third kappa shape index (κ3) is 3.72. The number of aromatic carboxylic acids is 1. The molecule has 0 atom stereocenters. The molecule has 0 aliphatic rings. The average molecular weight is 303 g/mol. The van der Waals surface area contributed by atoms with Gasteiger partial charge < -0.3 is 19.6 Å².